The lowest BCUT2D eigenvalue weighted by Gasteiger charge is -2.15. The lowest BCUT2D eigenvalue weighted by molar-refractivity contribution is 0.320. The zero-order valence-electron chi connectivity index (χ0n) is 9.13. The molecule has 0 bridgehead atoms. The Balaban J connectivity index is 2.05. The molecule has 80 valence electrons. The maximum atomic E-state index is 8.44. The summed E-state index contributed by atoms with van der Waals surface area (Å²) in [6, 6.07) is 2.68. The van der Waals surface area contributed by atoms with Gasteiger partial charge >= 0.3 is 0 Å². The smallest absolute Gasteiger partial charge is 0.0843 e. The number of nitrogens with one attached hydrogen (secondary N) is 1. The highest BCUT2D eigenvalue weighted by atomic mass is 15.2. The molecule has 1 unspecified atom stereocenters. The number of unbranched alkanes of at least 4 members (excludes halogenated alkanes) is 2. The summed E-state index contributed by atoms with van der Waals surface area (Å²) in [7, 11) is 0. The van der Waals surface area contributed by atoms with Crippen molar-refractivity contribution in [3.8, 4) is 6.07 Å². The zero-order chi connectivity index (χ0) is 10.2. The minimum Gasteiger partial charge on any atom is -0.302 e. The Kier molecular flexibility index (Phi) is 5.58. The minimum atomic E-state index is 0.494. The van der Waals surface area contributed by atoms with E-state index in [1.54, 1.807) is 0 Å². The predicted octanol–water partition coefficient (Wildman–Crippen LogP) is 1.36. The van der Waals surface area contributed by atoms with Crippen LogP contribution in [0, 0.1) is 11.3 Å². The number of rotatable bonds is 6. The Morgan fingerprint density at radius 3 is 3.07 bits per heavy atom. The van der Waals surface area contributed by atoms with E-state index in [0.717, 1.165) is 6.54 Å². The van der Waals surface area contributed by atoms with Gasteiger partial charge in [0.2, 0.25) is 0 Å². The maximum Gasteiger partial charge on any atom is 0.0843 e. The number of nitrogens with zero attached hydrogens (tertiary/aromatic N) is 2. The molecule has 1 saturated heterocycles. The normalized spacial score (nSPS) is 22.4. The molecule has 0 saturated carbocycles. The lowest BCUT2D eigenvalue weighted by atomic mass is 10.2. The molecule has 0 aromatic heterocycles. The van der Waals surface area contributed by atoms with E-state index in [0.29, 0.717) is 12.6 Å². The number of likely N-dealkylation sites (tertiary alicyclic amines) is 1. The van der Waals surface area contributed by atoms with Crippen LogP contribution in [0.4, 0.5) is 0 Å². The van der Waals surface area contributed by atoms with Crippen LogP contribution in [0.2, 0.25) is 0 Å². The van der Waals surface area contributed by atoms with Crippen molar-refractivity contribution in [1.29, 1.82) is 5.26 Å². The van der Waals surface area contributed by atoms with Crippen molar-refractivity contribution >= 4 is 0 Å². The van der Waals surface area contributed by atoms with Crippen LogP contribution < -0.4 is 5.32 Å². The third-order valence-corrected chi connectivity index (χ3v) is 2.82. The van der Waals surface area contributed by atoms with Crippen LogP contribution in [0.25, 0.3) is 0 Å². The molecule has 0 aliphatic carbocycles. The van der Waals surface area contributed by atoms with Crippen molar-refractivity contribution in [3.05, 3.63) is 0 Å². The fourth-order valence-corrected chi connectivity index (χ4v) is 1.98. The van der Waals surface area contributed by atoms with Gasteiger partial charge in [-0.3, -0.25) is 0 Å². The SMILES string of the molecule is CCCCCN1CCC(NCC#N)C1. The van der Waals surface area contributed by atoms with Gasteiger partial charge in [0.15, 0.2) is 0 Å². The second-order valence-electron chi connectivity index (χ2n) is 4.03. The monoisotopic (exact) mass is 195 g/mol. The molecule has 0 aromatic carbocycles. The molecule has 14 heavy (non-hydrogen) atoms. The highest BCUT2D eigenvalue weighted by Gasteiger charge is 2.20. The lowest BCUT2D eigenvalue weighted by Crippen LogP contribution is -2.33. The van der Waals surface area contributed by atoms with E-state index >= 15 is 0 Å². The van der Waals surface area contributed by atoms with Crippen molar-refractivity contribution in [2.45, 2.75) is 38.6 Å². The van der Waals surface area contributed by atoms with Crippen LogP contribution in [0.3, 0.4) is 0 Å². The second-order valence-corrected chi connectivity index (χ2v) is 4.03. The summed E-state index contributed by atoms with van der Waals surface area (Å²) >= 11 is 0. The van der Waals surface area contributed by atoms with E-state index in [2.05, 4.69) is 23.2 Å². The fourth-order valence-electron chi connectivity index (χ4n) is 1.98. The molecule has 1 aliphatic heterocycles. The van der Waals surface area contributed by atoms with Crippen molar-refractivity contribution in [1.82, 2.24) is 10.2 Å². The van der Waals surface area contributed by atoms with Gasteiger partial charge in [-0.05, 0) is 25.9 Å². The average molecular weight is 195 g/mol. The fraction of sp³-hybridized carbons (Fsp3) is 0.909. The summed E-state index contributed by atoms with van der Waals surface area (Å²) < 4.78 is 0. The van der Waals surface area contributed by atoms with Crippen LogP contribution in [0.5, 0.6) is 0 Å². The van der Waals surface area contributed by atoms with Gasteiger partial charge in [0.25, 0.3) is 0 Å². The molecule has 3 nitrogen and oxygen atoms in total. The maximum absolute atomic E-state index is 8.44. The summed E-state index contributed by atoms with van der Waals surface area (Å²) in [5.74, 6) is 0. The van der Waals surface area contributed by atoms with Crippen molar-refractivity contribution in [2.24, 2.45) is 0 Å². The first-order valence-electron chi connectivity index (χ1n) is 5.69. The summed E-state index contributed by atoms with van der Waals surface area (Å²) in [5.41, 5.74) is 0. The molecule has 1 aliphatic rings. The zero-order valence-corrected chi connectivity index (χ0v) is 9.13. The van der Waals surface area contributed by atoms with E-state index in [4.69, 9.17) is 5.26 Å². The van der Waals surface area contributed by atoms with Gasteiger partial charge in [0.05, 0.1) is 12.6 Å². The molecular formula is C11H21N3. The molecule has 1 atom stereocenters. The third kappa shape index (κ3) is 4.08. The van der Waals surface area contributed by atoms with Crippen LogP contribution in [0.15, 0.2) is 0 Å². The second kappa shape index (κ2) is 6.80. The first-order valence-corrected chi connectivity index (χ1v) is 5.69. The third-order valence-electron chi connectivity index (χ3n) is 2.82. The van der Waals surface area contributed by atoms with Crippen LogP contribution in [0.1, 0.15) is 32.6 Å². The molecular weight excluding hydrogens is 174 g/mol. The van der Waals surface area contributed by atoms with Crippen LogP contribution >= 0.6 is 0 Å². The van der Waals surface area contributed by atoms with Crippen LogP contribution in [-0.4, -0.2) is 37.1 Å². The Morgan fingerprint density at radius 2 is 2.36 bits per heavy atom. The molecule has 0 amide bonds. The van der Waals surface area contributed by atoms with Crippen molar-refractivity contribution in [3.63, 3.8) is 0 Å². The number of hydrogen-bond donors (Lipinski definition) is 1. The van der Waals surface area contributed by atoms with E-state index < -0.39 is 0 Å². The van der Waals surface area contributed by atoms with Gasteiger partial charge in [0, 0.05) is 12.6 Å². The number of hydrogen-bond acceptors (Lipinski definition) is 3. The Morgan fingerprint density at radius 1 is 1.50 bits per heavy atom. The van der Waals surface area contributed by atoms with Gasteiger partial charge in [-0.1, -0.05) is 19.8 Å². The molecule has 1 rings (SSSR count). The first-order chi connectivity index (χ1) is 6.86. The van der Waals surface area contributed by atoms with E-state index in [9.17, 15) is 0 Å². The van der Waals surface area contributed by atoms with E-state index in [1.807, 2.05) is 0 Å². The largest absolute Gasteiger partial charge is 0.302 e. The first kappa shape index (κ1) is 11.5. The molecule has 0 radical (unpaired) electrons. The molecule has 1 heterocycles. The summed E-state index contributed by atoms with van der Waals surface area (Å²) in [6.07, 6.45) is 5.16. The standard InChI is InChI=1S/C11H21N3/c1-2-3-4-8-14-9-5-11(10-14)13-7-6-12/h11,13H,2-5,7-10H2,1H3. The molecule has 1 N–H and O–H groups in total. The van der Waals surface area contributed by atoms with Crippen molar-refractivity contribution < 1.29 is 0 Å². The van der Waals surface area contributed by atoms with E-state index in [1.165, 1.54) is 38.8 Å². The number of nitriles is 1. The summed E-state index contributed by atoms with van der Waals surface area (Å²) in [4.78, 5) is 2.50. The molecule has 0 spiro atoms. The van der Waals surface area contributed by atoms with Gasteiger partial charge in [-0.2, -0.15) is 5.26 Å². The van der Waals surface area contributed by atoms with Gasteiger partial charge in [-0.15, -0.1) is 0 Å². The highest BCUT2D eigenvalue weighted by Crippen LogP contribution is 2.10. The molecule has 3 heteroatoms. The van der Waals surface area contributed by atoms with Gasteiger partial charge < -0.3 is 10.2 Å². The summed E-state index contributed by atoms with van der Waals surface area (Å²) in [5, 5.41) is 11.7. The van der Waals surface area contributed by atoms with Gasteiger partial charge in [0.1, 0.15) is 0 Å². The Bertz CT molecular complexity index is 185. The Hall–Kier alpha value is -0.590. The van der Waals surface area contributed by atoms with Crippen LogP contribution in [-0.2, 0) is 0 Å². The van der Waals surface area contributed by atoms with Gasteiger partial charge in [-0.25, -0.2) is 0 Å². The molecule has 0 aromatic rings. The Labute approximate surface area is 87.1 Å². The quantitative estimate of drug-likeness (QED) is 0.514. The van der Waals surface area contributed by atoms with E-state index in [-0.39, 0.29) is 0 Å². The topological polar surface area (TPSA) is 39.1 Å². The molecule has 1 fully saturated rings. The average Bonchev–Trinajstić information content (AvgIpc) is 2.63. The minimum absolute atomic E-state index is 0.494. The predicted molar refractivity (Wildman–Crippen MR) is 58.0 cm³/mol. The van der Waals surface area contributed by atoms with Crippen molar-refractivity contribution in [2.75, 3.05) is 26.2 Å². The summed E-state index contributed by atoms with van der Waals surface area (Å²) in [6.45, 7) is 6.30. The highest BCUT2D eigenvalue weighted by molar-refractivity contribution is 4.84.